The van der Waals surface area contributed by atoms with Crippen molar-refractivity contribution in [2.75, 3.05) is 26.2 Å². The van der Waals surface area contributed by atoms with Gasteiger partial charge in [0, 0.05) is 12.6 Å². The molecule has 0 N–H and O–H groups in total. The molecular weight excluding hydrogens is 290 g/mol. The number of ketones is 1. The van der Waals surface area contributed by atoms with Crippen LogP contribution < -0.4 is 4.90 Å². The molecular formula is C15H13NO6. The number of esters is 2. The van der Waals surface area contributed by atoms with Crippen LogP contribution in [-0.2, 0) is 28.7 Å². The fraction of sp³-hybridized carbons (Fsp3) is 0.200. The SMILES string of the molecule is COC(=O)C(=O)/C(C(=O)OC)=C1\C(=O)N(C)c2ccccc21. The van der Waals surface area contributed by atoms with Gasteiger partial charge in [0.2, 0.25) is 0 Å². The molecule has 0 spiro atoms. The van der Waals surface area contributed by atoms with Gasteiger partial charge >= 0.3 is 11.9 Å². The van der Waals surface area contributed by atoms with Gasteiger partial charge in [-0.1, -0.05) is 18.2 Å². The lowest BCUT2D eigenvalue weighted by Crippen LogP contribution is -2.28. The number of para-hydroxylation sites is 1. The fourth-order valence-corrected chi connectivity index (χ4v) is 2.22. The van der Waals surface area contributed by atoms with Crippen molar-refractivity contribution < 1.29 is 28.7 Å². The van der Waals surface area contributed by atoms with Crippen molar-refractivity contribution in [1.82, 2.24) is 0 Å². The zero-order chi connectivity index (χ0) is 16.4. The first-order valence-corrected chi connectivity index (χ1v) is 6.26. The molecule has 1 aromatic carbocycles. The molecule has 2 rings (SSSR count). The van der Waals surface area contributed by atoms with E-state index in [4.69, 9.17) is 0 Å². The minimum Gasteiger partial charge on any atom is -0.465 e. The highest BCUT2D eigenvalue weighted by molar-refractivity contribution is 6.53. The Balaban J connectivity index is 2.75. The van der Waals surface area contributed by atoms with E-state index in [0.717, 1.165) is 14.2 Å². The molecule has 0 saturated carbocycles. The molecule has 1 heterocycles. The zero-order valence-electron chi connectivity index (χ0n) is 12.2. The monoisotopic (exact) mass is 303 g/mol. The number of anilines is 1. The van der Waals surface area contributed by atoms with Crippen LogP contribution in [-0.4, -0.2) is 44.9 Å². The molecule has 0 bridgehead atoms. The Morgan fingerprint density at radius 1 is 1.00 bits per heavy atom. The lowest BCUT2D eigenvalue weighted by atomic mass is 9.98. The highest BCUT2D eigenvalue weighted by atomic mass is 16.5. The van der Waals surface area contributed by atoms with Gasteiger partial charge < -0.3 is 14.4 Å². The van der Waals surface area contributed by atoms with Gasteiger partial charge in [-0.15, -0.1) is 0 Å². The number of nitrogens with zero attached hydrogens (tertiary/aromatic N) is 1. The van der Waals surface area contributed by atoms with E-state index in [1.54, 1.807) is 24.3 Å². The molecule has 1 aliphatic heterocycles. The average molecular weight is 303 g/mol. The van der Waals surface area contributed by atoms with E-state index in [2.05, 4.69) is 9.47 Å². The van der Waals surface area contributed by atoms with E-state index >= 15 is 0 Å². The lowest BCUT2D eigenvalue weighted by Gasteiger charge is -2.09. The van der Waals surface area contributed by atoms with Crippen molar-refractivity contribution in [1.29, 1.82) is 0 Å². The molecule has 0 atom stereocenters. The van der Waals surface area contributed by atoms with Gasteiger partial charge in [-0.25, -0.2) is 9.59 Å². The standard InChI is InChI=1S/C15H13NO6/c1-16-9-7-5-4-6-8(9)10(13(16)18)11(14(19)21-2)12(17)15(20)22-3/h4-7H,1-3H3/b11-10+. The van der Waals surface area contributed by atoms with Gasteiger partial charge in [0.25, 0.3) is 11.7 Å². The van der Waals surface area contributed by atoms with Crippen LogP contribution in [0.4, 0.5) is 5.69 Å². The van der Waals surface area contributed by atoms with Crippen LogP contribution in [0.3, 0.4) is 0 Å². The molecule has 1 aliphatic rings. The number of hydrogen-bond acceptors (Lipinski definition) is 6. The summed E-state index contributed by atoms with van der Waals surface area (Å²) in [4.78, 5) is 49.2. The van der Waals surface area contributed by atoms with E-state index in [9.17, 15) is 19.2 Å². The van der Waals surface area contributed by atoms with E-state index in [1.165, 1.54) is 11.9 Å². The van der Waals surface area contributed by atoms with Crippen LogP contribution in [0.5, 0.6) is 0 Å². The molecule has 0 aromatic heterocycles. The third-order valence-corrected chi connectivity index (χ3v) is 3.29. The number of rotatable bonds is 3. The van der Waals surface area contributed by atoms with Crippen molar-refractivity contribution in [2.45, 2.75) is 0 Å². The third kappa shape index (κ3) is 2.26. The van der Waals surface area contributed by atoms with Gasteiger partial charge in [-0.05, 0) is 6.07 Å². The number of likely N-dealkylation sites (N-methyl/N-ethyl adjacent to an activating group) is 1. The number of Topliss-reactive ketones (excluding diaryl/α,β-unsaturated/α-hetero) is 1. The van der Waals surface area contributed by atoms with Gasteiger partial charge in [0.15, 0.2) is 0 Å². The minimum atomic E-state index is -1.24. The summed E-state index contributed by atoms with van der Waals surface area (Å²) in [5, 5.41) is 0. The summed E-state index contributed by atoms with van der Waals surface area (Å²) in [7, 11) is 3.57. The van der Waals surface area contributed by atoms with Crippen molar-refractivity contribution >= 4 is 34.9 Å². The quantitative estimate of drug-likeness (QED) is 0.263. The largest absolute Gasteiger partial charge is 0.465 e. The first-order valence-electron chi connectivity index (χ1n) is 6.26. The molecule has 7 nitrogen and oxygen atoms in total. The Bertz CT molecular complexity index is 718. The summed E-state index contributed by atoms with van der Waals surface area (Å²) in [6.45, 7) is 0. The number of methoxy groups -OCH3 is 2. The summed E-state index contributed by atoms with van der Waals surface area (Å²) in [5.41, 5.74) is 0.116. The second kappa shape index (κ2) is 5.80. The normalized spacial score (nSPS) is 15.2. The summed E-state index contributed by atoms with van der Waals surface area (Å²) in [5.74, 6) is -4.10. The molecule has 0 radical (unpaired) electrons. The van der Waals surface area contributed by atoms with Crippen molar-refractivity contribution in [2.24, 2.45) is 0 Å². The van der Waals surface area contributed by atoms with Crippen molar-refractivity contribution in [3.63, 3.8) is 0 Å². The Hall–Kier alpha value is -2.96. The predicted octanol–water partition coefficient (Wildman–Crippen LogP) is 0.332. The van der Waals surface area contributed by atoms with Crippen LogP contribution in [0, 0.1) is 0 Å². The van der Waals surface area contributed by atoms with Crippen LogP contribution in [0.1, 0.15) is 5.56 Å². The summed E-state index contributed by atoms with van der Waals surface area (Å²) < 4.78 is 8.88. The van der Waals surface area contributed by atoms with Crippen LogP contribution >= 0.6 is 0 Å². The fourth-order valence-electron chi connectivity index (χ4n) is 2.22. The second-order valence-electron chi connectivity index (χ2n) is 4.44. The Morgan fingerprint density at radius 3 is 2.18 bits per heavy atom. The molecule has 22 heavy (non-hydrogen) atoms. The molecule has 0 saturated heterocycles. The first kappa shape index (κ1) is 15.4. The number of ether oxygens (including phenoxy) is 2. The van der Waals surface area contributed by atoms with Gasteiger partial charge in [0.1, 0.15) is 5.57 Å². The molecule has 1 amide bonds. The van der Waals surface area contributed by atoms with Crippen molar-refractivity contribution in [3.8, 4) is 0 Å². The Labute approximate surface area is 126 Å². The highest BCUT2D eigenvalue weighted by Gasteiger charge is 2.39. The van der Waals surface area contributed by atoms with Crippen LogP contribution in [0.2, 0.25) is 0 Å². The van der Waals surface area contributed by atoms with Crippen LogP contribution in [0.15, 0.2) is 29.8 Å². The molecule has 1 aromatic rings. The number of carbonyl (C=O) groups excluding carboxylic acids is 4. The predicted molar refractivity (Wildman–Crippen MR) is 75.8 cm³/mol. The molecule has 114 valence electrons. The smallest absolute Gasteiger partial charge is 0.379 e. The number of carbonyl (C=O) groups is 4. The lowest BCUT2D eigenvalue weighted by molar-refractivity contribution is -0.151. The molecule has 7 heteroatoms. The van der Waals surface area contributed by atoms with E-state index in [-0.39, 0.29) is 5.57 Å². The number of fused-ring (bicyclic) bond motifs is 1. The van der Waals surface area contributed by atoms with Gasteiger partial charge in [-0.2, -0.15) is 0 Å². The number of hydrogen-bond donors (Lipinski definition) is 0. The molecule has 0 unspecified atom stereocenters. The maximum atomic E-state index is 12.4. The second-order valence-corrected chi connectivity index (χ2v) is 4.44. The van der Waals surface area contributed by atoms with Gasteiger partial charge in [-0.3, -0.25) is 9.59 Å². The van der Waals surface area contributed by atoms with Gasteiger partial charge in [0.05, 0.1) is 25.5 Å². The van der Waals surface area contributed by atoms with E-state index in [1.807, 2.05) is 0 Å². The minimum absolute atomic E-state index is 0.166. The Kier molecular flexibility index (Phi) is 4.07. The number of benzene rings is 1. The maximum absolute atomic E-state index is 12.4. The van der Waals surface area contributed by atoms with E-state index < -0.39 is 29.2 Å². The third-order valence-electron chi connectivity index (χ3n) is 3.29. The highest BCUT2D eigenvalue weighted by Crippen LogP contribution is 2.37. The average Bonchev–Trinajstić information content (AvgIpc) is 2.79. The first-order chi connectivity index (χ1) is 10.4. The summed E-state index contributed by atoms with van der Waals surface area (Å²) in [6.07, 6.45) is 0. The topological polar surface area (TPSA) is 90.0 Å². The summed E-state index contributed by atoms with van der Waals surface area (Å²) >= 11 is 0. The zero-order valence-corrected chi connectivity index (χ0v) is 12.2. The number of amides is 1. The Morgan fingerprint density at radius 2 is 1.59 bits per heavy atom. The van der Waals surface area contributed by atoms with Crippen molar-refractivity contribution in [3.05, 3.63) is 35.4 Å². The van der Waals surface area contributed by atoms with E-state index in [0.29, 0.717) is 11.3 Å². The molecule has 0 aliphatic carbocycles. The maximum Gasteiger partial charge on any atom is 0.379 e. The molecule has 0 fully saturated rings. The van der Waals surface area contributed by atoms with Crippen LogP contribution in [0.25, 0.3) is 5.57 Å². The summed E-state index contributed by atoms with van der Waals surface area (Å²) in [6, 6.07) is 6.62.